The van der Waals surface area contributed by atoms with Crippen molar-refractivity contribution in [3.8, 4) is 11.5 Å². The molecule has 3 amide bonds. The number of nitrogens with one attached hydrogen (secondary N) is 1. The van der Waals surface area contributed by atoms with Gasteiger partial charge in [-0.05, 0) is 78.4 Å². The minimum atomic E-state index is -0.648. The number of carbonyl (C=O) groups is 3. The summed E-state index contributed by atoms with van der Waals surface area (Å²) in [6, 6.07) is 14.0. The summed E-state index contributed by atoms with van der Waals surface area (Å²) in [5, 5.41) is 2.56. The van der Waals surface area contributed by atoms with Gasteiger partial charge in [0.1, 0.15) is 19.0 Å². The van der Waals surface area contributed by atoms with Crippen LogP contribution in [0.1, 0.15) is 18.1 Å². The molecule has 1 N–H and O–H groups in total. The van der Waals surface area contributed by atoms with Gasteiger partial charge >= 0.3 is 0 Å². The van der Waals surface area contributed by atoms with Crippen molar-refractivity contribution < 1.29 is 28.2 Å². The molecule has 0 aromatic heterocycles. The number of thioether (sulfide) groups is 1. The molecule has 1 aliphatic heterocycles. The number of hydrogen-bond acceptors (Lipinski definition) is 6. The Hall–Kier alpha value is -3.24. The lowest BCUT2D eigenvalue weighted by Gasteiger charge is -2.15. The monoisotopic (exact) mass is 608 g/mol. The first-order valence-corrected chi connectivity index (χ1v) is 13.4. The fourth-order valence-corrected chi connectivity index (χ4v) is 4.93. The first-order valence-electron chi connectivity index (χ1n) is 11.5. The number of imide groups is 1. The molecule has 0 spiro atoms. The predicted molar refractivity (Wildman–Crippen MR) is 151 cm³/mol. The van der Waals surface area contributed by atoms with Crippen molar-refractivity contribution in [3.63, 3.8) is 0 Å². The second-order valence-corrected chi connectivity index (χ2v) is 10.4. The van der Waals surface area contributed by atoms with Gasteiger partial charge in [0.2, 0.25) is 5.91 Å². The van der Waals surface area contributed by atoms with Crippen LogP contribution in [0.15, 0.2) is 59.5 Å². The highest BCUT2D eigenvalue weighted by atomic mass is 35.5. The summed E-state index contributed by atoms with van der Waals surface area (Å²) in [7, 11) is 0. The maximum atomic E-state index is 13.3. The quantitative estimate of drug-likeness (QED) is 0.254. The Morgan fingerprint density at radius 2 is 1.77 bits per heavy atom. The van der Waals surface area contributed by atoms with E-state index in [0.717, 1.165) is 16.5 Å². The second-order valence-electron chi connectivity index (χ2n) is 8.12. The van der Waals surface area contributed by atoms with Crippen LogP contribution in [-0.4, -0.2) is 35.1 Å². The van der Waals surface area contributed by atoms with Gasteiger partial charge in [0, 0.05) is 10.7 Å². The zero-order chi connectivity index (χ0) is 28.1. The van der Waals surface area contributed by atoms with Crippen molar-refractivity contribution >= 4 is 75.4 Å². The number of ether oxygens (including phenoxy) is 2. The zero-order valence-electron chi connectivity index (χ0n) is 20.3. The van der Waals surface area contributed by atoms with Crippen LogP contribution < -0.4 is 14.8 Å². The van der Waals surface area contributed by atoms with E-state index in [-0.39, 0.29) is 27.2 Å². The third-order valence-corrected chi connectivity index (χ3v) is 7.03. The molecule has 202 valence electrons. The number of nitrogens with zero attached hydrogens (tertiary/aromatic N) is 1. The van der Waals surface area contributed by atoms with Crippen LogP contribution in [0.3, 0.4) is 0 Å². The summed E-state index contributed by atoms with van der Waals surface area (Å²) < 4.78 is 25.0. The van der Waals surface area contributed by atoms with Crippen molar-refractivity contribution in [2.45, 2.75) is 13.5 Å². The average molecular weight is 610 g/mol. The summed E-state index contributed by atoms with van der Waals surface area (Å²) >= 11 is 18.8. The highest BCUT2D eigenvalue weighted by Crippen LogP contribution is 2.39. The van der Waals surface area contributed by atoms with E-state index in [2.05, 4.69) is 5.32 Å². The lowest BCUT2D eigenvalue weighted by atomic mass is 10.1. The van der Waals surface area contributed by atoms with Crippen LogP contribution in [0, 0.1) is 5.82 Å². The van der Waals surface area contributed by atoms with E-state index < -0.39 is 29.4 Å². The van der Waals surface area contributed by atoms with E-state index in [0.29, 0.717) is 40.5 Å². The summed E-state index contributed by atoms with van der Waals surface area (Å²) in [6.07, 6.45) is 1.49. The summed E-state index contributed by atoms with van der Waals surface area (Å²) in [5.74, 6) is -1.24. The lowest BCUT2D eigenvalue weighted by Crippen LogP contribution is -2.36. The van der Waals surface area contributed by atoms with Gasteiger partial charge in [0.05, 0.1) is 21.6 Å². The number of halogens is 4. The summed E-state index contributed by atoms with van der Waals surface area (Å²) in [5.41, 5.74) is 1.60. The van der Waals surface area contributed by atoms with Gasteiger partial charge in [-0.15, -0.1) is 0 Å². The fourth-order valence-electron chi connectivity index (χ4n) is 3.52. The van der Waals surface area contributed by atoms with E-state index >= 15 is 0 Å². The Morgan fingerprint density at radius 3 is 2.46 bits per heavy atom. The highest BCUT2D eigenvalue weighted by Gasteiger charge is 2.36. The minimum absolute atomic E-state index is 0.103. The first-order chi connectivity index (χ1) is 18.6. The molecule has 1 heterocycles. The second kappa shape index (κ2) is 12.7. The molecule has 0 atom stereocenters. The topological polar surface area (TPSA) is 84.9 Å². The highest BCUT2D eigenvalue weighted by molar-refractivity contribution is 8.18. The number of benzene rings is 3. The minimum Gasteiger partial charge on any atom is -0.490 e. The van der Waals surface area contributed by atoms with E-state index in [1.165, 1.54) is 18.2 Å². The fraction of sp³-hybridized carbons (Fsp3) is 0.148. The molecule has 12 heteroatoms. The van der Waals surface area contributed by atoms with Gasteiger partial charge in [0.15, 0.2) is 11.5 Å². The summed E-state index contributed by atoms with van der Waals surface area (Å²) in [4.78, 5) is 38.8. The molecule has 39 heavy (non-hydrogen) atoms. The van der Waals surface area contributed by atoms with Crippen molar-refractivity contribution in [3.05, 3.63) is 91.5 Å². The Kier molecular flexibility index (Phi) is 9.40. The molecular formula is C27H20Cl3FN2O5S. The predicted octanol–water partition coefficient (Wildman–Crippen LogP) is 7.44. The molecule has 3 aromatic rings. The molecule has 3 aromatic carbocycles. The van der Waals surface area contributed by atoms with Gasteiger partial charge in [-0.25, -0.2) is 4.39 Å². The molecule has 1 aliphatic rings. The molecule has 0 aliphatic carbocycles. The maximum Gasteiger partial charge on any atom is 0.294 e. The van der Waals surface area contributed by atoms with Crippen molar-refractivity contribution in [2.75, 3.05) is 18.5 Å². The third kappa shape index (κ3) is 7.24. The molecule has 4 rings (SSSR count). The standard InChI is InChI=1S/C27H20Cl3FN2O5S/c1-2-37-22-10-16(9-20(30)25(22)38-14-15-3-5-17(28)6-4-15)11-23-26(35)33(27(36)39-23)13-24(34)32-18-7-8-21(31)19(29)12-18/h3-12H,2,13-14H2,1H3,(H,32,34)/b23-11+. The van der Waals surface area contributed by atoms with Crippen molar-refractivity contribution in [2.24, 2.45) is 0 Å². The van der Waals surface area contributed by atoms with Gasteiger partial charge < -0.3 is 14.8 Å². The Balaban J connectivity index is 1.48. The zero-order valence-corrected chi connectivity index (χ0v) is 23.4. The van der Waals surface area contributed by atoms with Crippen LogP contribution >= 0.6 is 46.6 Å². The van der Waals surface area contributed by atoms with Crippen molar-refractivity contribution in [1.29, 1.82) is 0 Å². The maximum absolute atomic E-state index is 13.3. The van der Waals surface area contributed by atoms with Crippen LogP contribution in [0.5, 0.6) is 11.5 Å². The first kappa shape index (κ1) is 28.8. The average Bonchev–Trinajstić information content (AvgIpc) is 3.14. The Bertz CT molecular complexity index is 1470. The summed E-state index contributed by atoms with van der Waals surface area (Å²) in [6.45, 7) is 1.84. The van der Waals surface area contributed by atoms with Crippen LogP contribution in [-0.2, 0) is 16.2 Å². The van der Waals surface area contributed by atoms with E-state index in [1.807, 2.05) is 12.1 Å². The molecule has 0 bridgehead atoms. The molecular weight excluding hydrogens is 590 g/mol. The lowest BCUT2D eigenvalue weighted by molar-refractivity contribution is -0.127. The number of carbonyl (C=O) groups excluding carboxylic acids is 3. The Morgan fingerprint density at radius 1 is 1.03 bits per heavy atom. The number of rotatable bonds is 9. The number of hydrogen-bond donors (Lipinski definition) is 1. The molecule has 7 nitrogen and oxygen atoms in total. The third-order valence-electron chi connectivity index (χ3n) is 5.30. The van der Waals surface area contributed by atoms with Crippen LogP contribution in [0.2, 0.25) is 15.1 Å². The van der Waals surface area contributed by atoms with Gasteiger partial charge in [0.25, 0.3) is 11.1 Å². The molecule has 0 unspecified atom stereocenters. The van der Waals surface area contributed by atoms with Crippen LogP contribution in [0.4, 0.5) is 14.9 Å². The Labute approximate surface area is 242 Å². The smallest absolute Gasteiger partial charge is 0.294 e. The van der Waals surface area contributed by atoms with Gasteiger partial charge in [-0.3, -0.25) is 19.3 Å². The molecule has 0 radical (unpaired) electrons. The number of amides is 3. The number of anilines is 1. The van der Waals surface area contributed by atoms with E-state index in [1.54, 1.807) is 31.2 Å². The SMILES string of the molecule is CCOc1cc(/C=C2/SC(=O)N(CC(=O)Nc3ccc(F)c(Cl)c3)C2=O)cc(Cl)c1OCc1ccc(Cl)cc1. The van der Waals surface area contributed by atoms with Crippen molar-refractivity contribution in [1.82, 2.24) is 4.90 Å². The van der Waals surface area contributed by atoms with Gasteiger partial charge in [-0.2, -0.15) is 0 Å². The van der Waals surface area contributed by atoms with Crippen LogP contribution in [0.25, 0.3) is 6.08 Å². The normalized spacial score (nSPS) is 14.2. The molecule has 0 saturated carbocycles. The van der Waals surface area contributed by atoms with E-state index in [9.17, 15) is 18.8 Å². The molecule has 1 fully saturated rings. The van der Waals surface area contributed by atoms with E-state index in [4.69, 9.17) is 44.3 Å². The largest absolute Gasteiger partial charge is 0.490 e. The van der Waals surface area contributed by atoms with Gasteiger partial charge in [-0.1, -0.05) is 46.9 Å². The molecule has 1 saturated heterocycles.